The average molecular weight is 377 g/mol. The maximum atomic E-state index is 12.9. The molecule has 2 aromatic carbocycles. The number of hydrogen-bond donors (Lipinski definition) is 2. The molecule has 0 radical (unpaired) electrons. The molecule has 0 aliphatic heterocycles. The highest BCUT2D eigenvalue weighted by Gasteiger charge is 2.22. The monoisotopic (exact) mass is 377 g/mol. The molecule has 9 heteroatoms. The van der Waals surface area contributed by atoms with Crippen LogP contribution in [0.4, 0.5) is 0 Å². The highest BCUT2D eigenvalue weighted by atomic mass is 32.2. The lowest BCUT2D eigenvalue weighted by atomic mass is 10.1. The van der Waals surface area contributed by atoms with E-state index >= 15 is 0 Å². The molecule has 0 aliphatic carbocycles. The molecule has 26 heavy (non-hydrogen) atoms. The molecule has 0 bridgehead atoms. The van der Waals surface area contributed by atoms with Gasteiger partial charge >= 0.3 is 5.97 Å². The predicted octanol–water partition coefficient (Wildman–Crippen LogP) is 1.95. The van der Waals surface area contributed by atoms with Crippen LogP contribution in [-0.4, -0.2) is 33.1 Å². The van der Waals surface area contributed by atoms with E-state index in [1.54, 1.807) is 6.92 Å². The molecule has 0 atom stereocenters. The van der Waals surface area contributed by atoms with Gasteiger partial charge in [0, 0.05) is 6.07 Å². The molecule has 0 saturated carbocycles. The van der Waals surface area contributed by atoms with Crippen molar-refractivity contribution < 1.29 is 27.5 Å². The summed E-state index contributed by atoms with van der Waals surface area (Å²) in [5.74, 6) is -0.997. The molecule has 0 aliphatic rings. The minimum atomic E-state index is -3.93. The lowest BCUT2D eigenvalue weighted by Crippen LogP contribution is -2.19. The summed E-state index contributed by atoms with van der Waals surface area (Å²) in [5.41, 5.74) is -0.653. The van der Waals surface area contributed by atoms with Crippen LogP contribution >= 0.6 is 0 Å². The predicted molar refractivity (Wildman–Crippen MR) is 94.4 cm³/mol. The van der Waals surface area contributed by atoms with Gasteiger partial charge in [-0.2, -0.15) is 0 Å². The van der Waals surface area contributed by atoms with E-state index in [9.17, 15) is 18.0 Å². The zero-order valence-corrected chi connectivity index (χ0v) is 14.7. The standard InChI is InChI=1S/C17H15NO7S/c1-3-24-10-7-12-15(19)11-6-9(17(20)21)4-5-13(11)25-16(12)14(8-10)26(22,23)18-2/h4-8,18H,3H2,1-2H3,(H,20,21). The third-order valence-electron chi connectivity index (χ3n) is 3.83. The Balaban J connectivity index is 2.49. The van der Waals surface area contributed by atoms with Crippen LogP contribution in [0.2, 0.25) is 0 Å². The molecule has 2 N–H and O–H groups in total. The van der Waals surface area contributed by atoms with E-state index in [0.29, 0.717) is 0 Å². The van der Waals surface area contributed by atoms with Crippen molar-refractivity contribution in [2.45, 2.75) is 11.8 Å². The summed E-state index contributed by atoms with van der Waals surface area (Å²) >= 11 is 0. The van der Waals surface area contributed by atoms with Gasteiger partial charge in [-0.1, -0.05) is 0 Å². The molecule has 8 nitrogen and oxygen atoms in total. The largest absolute Gasteiger partial charge is 0.494 e. The van der Waals surface area contributed by atoms with Crippen LogP contribution in [0.25, 0.3) is 21.9 Å². The Kier molecular flexibility index (Phi) is 4.43. The molecular weight excluding hydrogens is 362 g/mol. The van der Waals surface area contributed by atoms with Gasteiger partial charge in [-0.3, -0.25) is 4.79 Å². The van der Waals surface area contributed by atoms with Gasteiger partial charge in [0.15, 0.2) is 5.58 Å². The van der Waals surface area contributed by atoms with Crippen molar-refractivity contribution in [1.29, 1.82) is 0 Å². The third kappa shape index (κ3) is 2.91. The Morgan fingerprint density at radius 2 is 1.96 bits per heavy atom. The molecule has 1 aromatic heterocycles. The van der Waals surface area contributed by atoms with Crippen LogP contribution in [0.15, 0.2) is 44.4 Å². The van der Waals surface area contributed by atoms with Gasteiger partial charge in [0.2, 0.25) is 15.5 Å². The van der Waals surface area contributed by atoms with Crippen molar-refractivity contribution in [3.63, 3.8) is 0 Å². The fourth-order valence-electron chi connectivity index (χ4n) is 2.59. The number of hydrogen-bond acceptors (Lipinski definition) is 6. The summed E-state index contributed by atoms with van der Waals surface area (Å²) in [7, 11) is -2.69. The number of carbonyl (C=O) groups is 1. The smallest absolute Gasteiger partial charge is 0.335 e. The van der Waals surface area contributed by atoms with Gasteiger partial charge in [-0.05, 0) is 38.2 Å². The Morgan fingerprint density at radius 3 is 2.58 bits per heavy atom. The first kappa shape index (κ1) is 17.9. The van der Waals surface area contributed by atoms with Crippen LogP contribution in [0.1, 0.15) is 17.3 Å². The molecule has 0 amide bonds. The Hall–Kier alpha value is -2.91. The van der Waals surface area contributed by atoms with Gasteiger partial charge in [-0.15, -0.1) is 0 Å². The van der Waals surface area contributed by atoms with E-state index < -0.39 is 21.4 Å². The van der Waals surface area contributed by atoms with Gasteiger partial charge in [0.25, 0.3) is 0 Å². The summed E-state index contributed by atoms with van der Waals surface area (Å²) < 4.78 is 37.9. The number of carboxylic acid groups (broad SMARTS) is 1. The highest BCUT2D eigenvalue weighted by Crippen LogP contribution is 2.30. The van der Waals surface area contributed by atoms with Crippen LogP contribution in [0.3, 0.4) is 0 Å². The first-order chi connectivity index (χ1) is 12.3. The summed E-state index contributed by atoms with van der Waals surface area (Å²) in [6.45, 7) is 1.99. The van der Waals surface area contributed by atoms with Crippen molar-refractivity contribution in [2.24, 2.45) is 0 Å². The quantitative estimate of drug-likeness (QED) is 0.651. The molecular formula is C17H15NO7S. The van der Waals surface area contributed by atoms with Crippen LogP contribution in [0.5, 0.6) is 5.75 Å². The lowest BCUT2D eigenvalue weighted by molar-refractivity contribution is 0.0697. The summed E-state index contributed by atoms with van der Waals surface area (Å²) in [4.78, 5) is 23.8. The van der Waals surface area contributed by atoms with Crippen LogP contribution in [0, 0.1) is 0 Å². The number of benzene rings is 2. The van der Waals surface area contributed by atoms with E-state index in [1.807, 2.05) is 0 Å². The van der Waals surface area contributed by atoms with E-state index in [-0.39, 0.29) is 44.8 Å². The highest BCUT2D eigenvalue weighted by molar-refractivity contribution is 7.89. The normalized spacial score (nSPS) is 11.8. The fourth-order valence-corrected chi connectivity index (χ4v) is 3.48. The summed E-state index contributed by atoms with van der Waals surface area (Å²) in [5, 5.41) is 9.13. The zero-order valence-electron chi connectivity index (χ0n) is 13.9. The first-order valence-electron chi connectivity index (χ1n) is 7.62. The van der Waals surface area contributed by atoms with E-state index in [0.717, 1.165) is 0 Å². The van der Waals surface area contributed by atoms with Gasteiger partial charge in [0.05, 0.1) is 22.9 Å². The Labute approximate surface area is 148 Å². The van der Waals surface area contributed by atoms with Gasteiger partial charge in [-0.25, -0.2) is 17.9 Å². The molecule has 3 aromatic rings. The zero-order chi connectivity index (χ0) is 19.1. The molecule has 0 unspecified atom stereocenters. The van der Waals surface area contributed by atoms with Crippen molar-refractivity contribution in [3.05, 3.63) is 46.1 Å². The van der Waals surface area contributed by atoms with E-state index in [1.165, 1.54) is 37.4 Å². The second-order valence-electron chi connectivity index (χ2n) is 5.39. The molecule has 0 spiro atoms. The maximum absolute atomic E-state index is 12.9. The van der Waals surface area contributed by atoms with Crippen molar-refractivity contribution in [1.82, 2.24) is 4.72 Å². The summed E-state index contributed by atoms with van der Waals surface area (Å²) in [6, 6.07) is 6.46. The third-order valence-corrected chi connectivity index (χ3v) is 5.25. The second kappa shape index (κ2) is 6.43. The number of sulfonamides is 1. The number of aromatic carboxylic acids is 1. The van der Waals surface area contributed by atoms with E-state index in [4.69, 9.17) is 14.3 Å². The van der Waals surface area contributed by atoms with Crippen molar-refractivity contribution in [3.8, 4) is 5.75 Å². The molecule has 0 fully saturated rings. The van der Waals surface area contributed by atoms with Gasteiger partial charge < -0.3 is 14.3 Å². The lowest BCUT2D eigenvalue weighted by Gasteiger charge is -2.11. The average Bonchev–Trinajstić information content (AvgIpc) is 2.61. The van der Waals surface area contributed by atoms with Crippen LogP contribution < -0.4 is 14.9 Å². The number of nitrogens with one attached hydrogen (secondary N) is 1. The number of fused-ring (bicyclic) bond motifs is 2. The van der Waals surface area contributed by atoms with Crippen molar-refractivity contribution >= 4 is 37.9 Å². The SMILES string of the molecule is CCOc1cc(S(=O)(=O)NC)c2oc3ccc(C(=O)O)cc3c(=O)c2c1. The molecule has 3 rings (SSSR count). The minimum Gasteiger partial charge on any atom is -0.494 e. The maximum Gasteiger partial charge on any atom is 0.335 e. The topological polar surface area (TPSA) is 123 Å². The number of carboxylic acids is 1. The Bertz CT molecular complexity index is 1200. The number of ether oxygens (including phenoxy) is 1. The van der Waals surface area contributed by atoms with Gasteiger partial charge in [0.1, 0.15) is 16.2 Å². The van der Waals surface area contributed by atoms with Crippen molar-refractivity contribution in [2.75, 3.05) is 13.7 Å². The van der Waals surface area contributed by atoms with E-state index in [2.05, 4.69) is 4.72 Å². The first-order valence-corrected chi connectivity index (χ1v) is 9.11. The second-order valence-corrected chi connectivity index (χ2v) is 7.24. The molecule has 0 saturated heterocycles. The minimum absolute atomic E-state index is 0.0141. The van der Waals surface area contributed by atoms with Crippen LogP contribution in [-0.2, 0) is 10.0 Å². The molecule has 136 valence electrons. The Morgan fingerprint density at radius 1 is 1.23 bits per heavy atom. The fraction of sp³-hybridized carbons (Fsp3) is 0.176. The number of rotatable bonds is 5. The summed E-state index contributed by atoms with van der Waals surface area (Å²) in [6.07, 6.45) is 0. The molecule has 1 heterocycles.